The van der Waals surface area contributed by atoms with Crippen molar-refractivity contribution in [2.45, 2.75) is 48.8 Å². The van der Waals surface area contributed by atoms with E-state index in [0.29, 0.717) is 34.6 Å². The van der Waals surface area contributed by atoms with Crippen LogP contribution in [0.5, 0.6) is 11.5 Å². The van der Waals surface area contributed by atoms with Crippen molar-refractivity contribution in [2.24, 2.45) is 17.8 Å². The summed E-state index contributed by atoms with van der Waals surface area (Å²) in [5.74, 6) is 2.12. The van der Waals surface area contributed by atoms with Gasteiger partial charge in [0, 0.05) is 11.6 Å². The Kier molecular flexibility index (Phi) is 5.06. The van der Waals surface area contributed by atoms with Crippen molar-refractivity contribution in [3.63, 3.8) is 0 Å². The van der Waals surface area contributed by atoms with Crippen molar-refractivity contribution in [3.05, 3.63) is 46.5 Å². The Morgan fingerprint density at radius 1 is 1.12 bits per heavy atom. The lowest BCUT2D eigenvalue weighted by atomic mass is 9.48. The largest absolute Gasteiger partial charge is 0.506 e. The Labute approximate surface area is 193 Å². The number of methoxy groups -OCH3 is 1. The Balaban J connectivity index is 1.57. The Bertz CT molecular complexity index is 1200. The standard InChI is InChI=1S/C24H25ClN2O4S/c1-31-18-8-19(24-10-15-4-16(11-24)6-17(5-15)12-24)23(28)22(9-18)32(29,30)27-21-3-2-14(13-26)7-20(21)25/h2-3,7-9,15-17,27-28H,4-6,10-12H2,1H3. The summed E-state index contributed by atoms with van der Waals surface area (Å²) in [6, 6.07) is 9.44. The number of anilines is 1. The molecule has 4 aliphatic carbocycles. The monoisotopic (exact) mass is 472 g/mol. The molecule has 4 aliphatic rings. The maximum absolute atomic E-state index is 13.3. The van der Waals surface area contributed by atoms with Crippen LogP contribution in [0.3, 0.4) is 0 Å². The molecule has 6 rings (SSSR count). The van der Waals surface area contributed by atoms with E-state index in [4.69, 9.17) is 21.6 Å². The summed E-state index contributed by atoms with van der Waals surface area (Å²) in [5.41, 5.74) is 0.946. The van der Waals surface area contributed by atoms with Crippen LogP contribution < -0.4 is 9.46 Å². The van der Waals surface area contributed by atoms with E-state index in [0.717, 1.165) is 19.3 Å². The van der Waals surface area contributed by atoms with Crippen molar-refractivity contribution >= 4 is 27.3 Å². The second-order valence-corrected chi connectivity index (χ2v) is 11.7. The van der Waals surface area contributed by atoms with Crippen molar-refractivity contribution in [1.82, 2.24) is 0 Å². The minimum Gasteiger partial charge on any atom is -0.506 e. The Morgan fingerprint density at radius 3 is 2.28 bits per heavy atom. The highest BCUT2D eigenvalue weighted by atomic mass is 35.5. The summed E-state index contributed by atoms with van der Waals surface area (Å²) >= 11 is 6.18. The lowest BCUT2D eigenvalue weighted by Gasteiger charge is -2.57. The first-order chi connectivity index (χ1) is 15.2. The van der Waals surface area contributed by atoms with E-state index in [1.807, 2.05) is 12.1 Å². The van der Waals surface area contributed by atoms with Crippen LogP contribution in [0.2, 0.25) is 5.02 Å². The second-order valence-electron chi connectivity index (χ2n) is 9.63. The number of nitrogens with one attached hydrogen (secondary N) is 1. The molecule has 4 fully saturated rings. The average Bonchev–Trinajstić information content (AvgIpc) is 2.74. The number of halogens is 1. The fourth-order valence-electron chi connectivity index (χ4n) is 6.62. The average molecular weight is 473 g/mol. The number of phenolic OH excluding ortho intramolecular Hbond substituents is 1. The number of phenols is 1. The van der Waals surface area contributed by atoms with Gasteiger partial charge in [0.1, 0.15) is 16.4 Å². The molecule has 0 saturated heterocycles. The molecule has 0 amide bonds. The summed E-state index contributed by atoms with van der Waals surface area (Å²) in [7, 11) is -2.66. The molecule has 2 N–H and O–H groups in total. The van der Waals surface area contributed by atoms with Crippen LogP contribution in [0.15, 0.2) is 35.2 Å². The first-order valence-electron chi connectivity index (χ1n) is 10.9. The van der Waals surface area contributed by atoms with Crippen LogP contribution in [0.1, 0.15) is 49.7 Å². The summed E-state index contributed by atoms with van der Waals surface area (Å²) < 4.78 is 34.6. The van der Waals surface area contributed by atoms with Crippen LogP contribution in [-0.2, 0) is 15.4 Å². The van der Waals surface area contributed by atoms with Crippen molar-refractivity contribution in [1.29, 1.82) is 5.26 Å². The van der Waals surface area contributed by atoms with Gasteiger partial charge in [-0.1, -0.05) is 11.6 Å². The molecule has 2 aromatic rings. The summed E-state index contributed by atoms with van der Waals surface area (Å²) in [4.78, 5) is -0.219. The number of aromatic hydroxyl groups is 1. The van der Waals surface area contributed by atoms with Crippen LogP contribution in [-0.4, -0.2) is 20.6 Å². The maximum Gasteiger partial charge on any atom is 0.265 e. The first-order valence-corrected chi connectivity index (χ1v) is 12.7. The molecule has 0 aromatic heterocycles. The van der Waals surface area contributed by atoms with Crippen molar-refractivity contribution < 1.29 is 18.3 Å². The number of sulfonamides is 1. The quantitative estimate of drug-likeness (QED) is 0.623. The first kappa shape index (κ1) is 21.4. The highest BCUT2D eigenvalue weighted by Gasteiger charge is 2.53. The molecule has 32 heavy (non-hydrogen) atoms. The van der Waals surface area contributed by atoms with E-state index in [9.17, 15) is 13.5 Å². The highest BCUT2D eigenvalue weighted by Crippen LogP contribution is 2.62. The van der Waals surface area contributed by atoms with E-state index in [2.05, 4.69) is 4.72 Å². The van der Waals surface area contributed by atoms with Crippen LogP contribution in [0, 0.1) is 29.1 Å². The number of hydrogen-bond donors (Lipinski definition) is 2. The zero-order chi connectivity index (χ0) is 22.7. The third kappa shape index (κ3) is 3.50. The molecular formula is C24H25ClN2O4S. The zero-order valence-electron chi connectivity index (χ0n) is 17.8. The number of nitriles is 1. The molecule has 6 nitrogen and oxygen atoms in total. The van der Waals surface area contributed by atoms with Gasteiger partial charge < -0.3 is 9.84 Å². The Hall–Kier alpha value is -2.43. The predicted molar refractivity (Wildman–Crippen MR) is 121 cm³/mol. The number of rotatable bonds is 5. The third-order valence-electron chi connectivity index (χ3n) is 7.53. The molecule has 8 heteroatoms. The normalized spacial score (nSPS) is 28.3. The summed E-state index contributed by atoms with van der Waals surface area (Å²) in [5, 5.41) is 20.4. The van der Waals surface area contributed by atoms with Gasteiger partial charge in [0.2, 0.25) is 0 Å². The molecule has 2 aromatic carbocycles. The number of benzene rings is 2. The van der Waals surface area contributed by atoms with Crippen LogP contribution in [0.25, 0.3) is 0 Å². The summed E-state index contributed by atoms with van der Waals surface area (Å²) in [6.45, 7) is 0. The van der Waals surface area contributed by atoms with Crippen LogP contribution >= 0.6 is 11.6 Å². The molecular weight excluding hydrogens is 448 g/mol. The molecule has 0 atom stereocenters. The Morgan fingerprint density at radius 2 is 1.75 bits per heavy atom. The van der Waals surface area contributed by atoms with E-state index in [1.165, 1.54) is 50.6 Å². The molecule has 0 aliphatic heterocycles. The van der Waals surface area contributed by atoms with E-state index >= 15 is 0 Å². The molecule has 0 radical (unpaired) electrons. The number of nitrogens with zero attached hydrogens (tertiary/aromatic N) is 1. The number of ether oxygens (including phenoxy) is 1. The topological polar surface area (TPSA) is 99.4 Å². The lowest BCUT2D eigenvalue weighted by Crippen LogP contribution is -2.48. The van der Waals surface area contributed by atoms with Gasteiger partial charge in [-0.15, -0.1) is 0 Å². The number of hydrogen-bond acceptors (Lipinski definition) is 5. The SMILES string of the molecule is COc1cc(C23CC4CC(CC(C4)C2)C3)c(O)c(S(=O)(=O)Nc2ccc(C#N)cc2Cl)c1. The lowest BCUT2D eigenvalue weighted by molar-refractivity contribution is -0.00638. The van der Waals surface area contributed by atoms with Gasteiger partial charge in [-0.3, -0.25) is 4.72 Å². The highest BCUT2D eigenvalue weighted by molar-refractivity contribution is 7.92. The molecule has 4 saturated carbocycles. The van der Waals surface area contributed by atoms with Gasteiger partial charge in [-0.25, -0.2) is 8.42 Å². The fourth-order valence-corrected chi connectivity index (χ4v) is 8.11. The molecule has 0 unspecified atom stereocenters. The molecule has 4 bridgehead atoms. The van der Waals surface area contributed by atoms with E-state index < -0.39 is 10.0 Å². The van der Waals surface area contributed by atoms with Gasteiger partial charge in [0.15, 0.2) is 0 Å². The smallest absolute Gasteiger partial charge is 0.265 e. The second kappa shape index (κ2) is 7.57. The summed E-state index contributed by atoms with van der Waals surface area (Å²) in [6.07, 6.45) is 6.67. The van der Waals surface area contributed by atoms with Gasteiger partial charge >= 0.3 is 0 Å². The molecule has 168 valence electrons. The van der Waals surface area contributed by atoms with Gasteiger partial charge in [-0.2, -0.15) is 5.26 Å². The van der Waals surface area contributed by atoms with Crippen LogP contribution in [0.4, 0.5) is 5.69 Å². The fraction of sp³-hybridized carbons (Fsp3) is 0.458. The maximum atomic E-state index is 13.3. The zero-order valence-corrected chi connectivity index (χ0v) is 19.3. The molecule has 0 heterocycles. The minimum absolute atomic E-state index is 0.108. The van der Waals surface area contributed by atoms with E-state index in [1.54, 1.807) is 0 Å². The minimum atomic E-state index is -4.16. The molecule has 0 spiro atoms. The van der Waals surface area contributed by atoms with Gasteiger partial charge in [-0.05, 0) is 86.0 Å². The van der Waals surface area contributed by atoms with Gasteiger partial charge in [0.05, 0.1) is 29.5 Å². The van der Waals surface area contributed by atoms with Crippen molar-refractivity contribution in [2.75, 3.05) is 11.8 Å². The van der Waals surface area contributed by atoms with E-state index in [-0.39, 0.29) is 26.8 Å². The van der Waals surface area contributed by atoms with Crippen molar-refractivity contribution in [3.8, 4) is 17.6 Å². The van der Waals surface area contributed by atoms with Gasteiger partial charge in [0.25, 0.3) is 10.0 Å². The predicted octanol–water partition coefficient (Wildman–Crippen LogP) is 5.19. The third-order valence-corrected chi connectivity index (χ3v) is 9.22.